The summed E-state index contributed by atoms with van der Waals surface area (Å²) >= 11 is 0. The van der Waals surface area contributed by atoms with E-state index in [9.17, 15) is 22.0 Å². The summed E-state index contributed by atoms with van der Waals surface area (Å²) < 4.78 is 60.8. The van der Waals surface area contributed by atoms with Gasteiger partial charge in [0.15, 0.2) is 11.4 Å². The van der Waals surface area contributed by atoms with E-state index in [0.717, 1.165) is 0 Å². The van der Waals surface area contributed by atoms with Gasteiger partial charge in [-0.1, -0.05) is 0 Å². The molecule has 1 aromatic heterocycles. The maximum Gasteiger partial charge on any atom is 0.420 e. The Hall–Kier alpha value is -1.60. The average Bonchev–Trinajstić information content (AvgIpc) is 2.06. The first-order valence-electron chi connectivity index (χ1n) is 3.58. The smallest absolute Gasteiger partial charge is 0.420 e. The van der Waals surface area contributed by atoms with Gasteiger partial charge in [0, 0.05) is 0 Å². The van der Waals surface area contributed by atoms with Crippen LogP contribution in [0.5, 0.6) is 5.75 Å². The van der Waals surface area contributed by atoms with Crippen molar-refractivity contribution in [3.63, 3.8) is 0 Å². The number of hydrogen-bond donors (Lipinski definition) is 2. The summed E-state index contributed by atoms with van der Waals surface area (Å²) in [4.78, 5) is 2.92. The van der Waals surface area contributed by atoms with E-state index in [1.807, 2.05) is 0 Å². The molecule has 0 fully saturated rings. The van der Waals surface area contributed by atoms with Gasteiger partial charge in [0.2, 0.25) is 0 Å². The number of halogens is 5. The number of pyridine rings is 1. The number of alkyl halides is 5. The number of aromatic nitrogens is 1. The van der Waals surface area contributed by atoms with Crippen molar-refractivity contribution in [1.82, 2.24) is 4.98 Å². The summed E-state index contributed by atoms with van der Waals surface area (Å²) in [7, 11) is 0. The van der Waals surface area contributed by atoms with Crippen LogP contribution >= 0.6 is 0 Å². The molecule has 15 heavy (non-hydrogen) atoms. The van der Waals surface area contributed by atoms with Crippen LogP contribution in [0.2, 0.25) is 0 Å². The molecule has 0 amide bonds. The highest BCUT2D eigenvalue weighted by Gasteiger charge is 2.37. The van der Waals surface area contributed by atoms with Gasteiger partial charge in [0.1, 0.15) is 11.4 Å². The normalized spacial score (nSPS) is 12.1. The maximum absolute atomic E-state index is 12.2. The molecule has 0 aliphatic heterocycles. The second-order valence-corrected chi connectivity index (χ2v) is 2.63. The monoisotopic (exact) mass is 228 g/mol. The van der Waals surface area contributed by atoms with Crippen LogP contribution in [0.4, 0.5) is 27.8 Å². The average molecular weight is 228 g/mol. The fourth-order valence-electron chi connectivity index (χ4n) is 0.947. The minimum atomic E-state index is -4.95. The van der Waals surface area contributed by atoms with Crippen LogP contribution in [0.1, 0.15) is 17.7 Å². The molecule has 0 spiro atoms. The third kappa shape index (κ3) is 2.25. The van der Waals surface area contributed by atoms with Crippen molar-refractivity contribution in [3.8, 4) is 5.75 Å². The van der Waals surface area contributed by atoms with Gasteiger partial charge in [-0.3, -0.25) is 0 Å². The lowest BCUT2D eigenvalue weighted by Crippen LogP contribution is -2.09. The predicted octanol–water partition coefficient (Wildman–Crippen LogP) is 2.33. The van der Waals surface area contributed by atoms with Crippen molar-refractivity contribution < 1.29 is 27.1 Å². The number of nitrogens with zero attached hydrogens (tertiary/aromatic N) is 1. The molecule has 0 aliphatic carbocycles. The van der Waals surface area contributed by atoms with Gasteiger partial charge >= 0.3 is 6.18 Å². The first-order valence-corrected chi connectivity index (χ1v) is 3.58. The molecule has 0 atom stereocenters. The topological polar surface area (TPSA) is 59.1 Å². The summed E-state index contributed by atoms with van der Waals surface area (Å²) in [6.45, 7) is 0. The van der Waals surface area contributed by atoms with Gasteiger partial charge in [-0.25, -0.2) is 13.8 Å². The van der Waals surface area contributed by atoms with Gasteiger partial charge in [0.05, 0.1) is 0 Å². The van der Waals surface area contributed by atoms with Gasteiger partial charge in [-0.15, -0.1) is 0 Å². The van der Waals surface area contributed by atoms with Crippen molar-refractivity contribution in [2.75, 3.05) is 5.73 Å². The van der Waals surface area contributed by atoms with Crippen LogP contribution in [0.3, 0.4) is 0 Å². The molecule has 1 aromatic rings. The number of nitrogens with two attached hydrogens (primary N) is 1. The molecule has 1 rings (SSSR count). The molecule has 0 aromatic carbocycles. The molecule has 3 N–H and O–H groups in total. The van der Waals surface area contributed by atoms with Gasteiger partial charge < -0.3 is 10.8 Å². The van der Waals surface area contributed by atoms with Crippen LogP contribution in [0.15, 0.2) is 6.07 Å². The zero-order valence-corrected chi connectivity index (χ0v) is 7.02. The van der Waals surface area contributed by atoms with Crippen LogP contribution in [-0.2, 0) is 6.18 Å². The van der Waals surface area contributed by atoms with E-state index >= 15 is 0 Å². The van der Waals surface area contributed by atoms with Crippen LogP contribution in [-0.4, -0.2) is 10.1 Å². The Kier molecular flexibility index (Phi) is 2.69. The largest absolute Gasteiger partial charge is 0.505 e. The molecule has 0 saturated carbocycles. The predicted molar refractivity (Wildman–Crippen MR) is 40.3 cm³/mol. The first kappa shape index (κ1) is 11.5. The SMILES string of the molecule is Nc1cc(C(F)(F)F)c(O)c(C(F)F)n1. The zero-order chi connectivity index (χ0) is 11.8. The highest BCUT2D eigenvalue weighted by molar-refractivity contribution is 5.46. The fraction of sp³-hybridized carbons (Fsp3) is 0.286. The molecule has 0 saturated heterocycles. The quantitative estimate of drug-likeness (QED) is 0.725. The van der Waals surface area contributed by atoms with Crippen molar-refractivity contribution >= 4 is 5.82 Å². The highest BCUT2D eigenvalue weighted by Crippen LogP contribution is 2.40. The summed E-state index contributed by atoms with van der Waals surface area (Å²) in [5.74, 6) is -2.32. The van der Waals surface area contributed by atoms with Gasteiger partial charge in [-0.05, 0) is 6.07 Å². The molecule has 3 nitrogen and oxygen atoms in total. The van der Waals surface area contributed by atoms with E-state index < -0.39 is 35.4 Å². The Labute approximate surface area is 80.3 Å². The van der Waals surface area contributed by atoms with E-state index in [2.05, 4.69) is 4.98 Å². The van der Waals surface area contributed by atoms with Crippen LogP contribution < -0.4 is 5.73 Å². The van der Waals surface area contributed by atoms with Crippen LogP contribution in [0.25, 0.3) is 0 Å². The van der Waals surface area contributed by atoms with Gasteiger partial charge in [0.25, 0.3) is 6.43 Å². The van der Waals surface area contributed by atoms with Crippen LogP contribution in [0, 0.1) is 0 Å². The standard InChI is InChI=1S/C7H5F5N2O/c8-6(9)4-5(15)2(7(10,11)12)1-3(13)14-4/h1,6,15H,(H2,13,14). The number of nitrogen functional groups attached to an aromatic ring is 1. The Morgan fingerprint density at radius 3 is 2.27 bits per heavy atom. The molecule has 84 valence electrons. The van der Waals surface area contributed by atoms with Crippen molar-refractivity contribution in [1.29, 1.82) is 0 Å². The fourth-order valence-corrected chi connectivity index (χ4v) is 0.947. The maximum atomic E-state index is 12.2. The lowest BCUT2D eigenvalue weighted by Gasteiger charge is -2.12. The summed E-state index contributed by atoms with van der Waals surface area (Å²) in [6.07, 6.45) is -8.28. The number of hydrogen-bond acceptors (Lipinski definition) is 3. The third-order valence-electron chi connectivity index (χ3n) is 1.55. The van der Waals surface area contributed by atoms with Crippen molar-refractivity contribution in [3.05, 3.63) is 17.3 Å². The highest BCUT2D eigenvalue weighted by atomic mass is 19.4. The summed E-state index contributed by atoms with van der Waals surface area (Å²) in [5.41, 5.74) is 1.91. The molecule has 1 heterocycles. The van der Waals surface area contributed by atoms with Crippen molar-refractivity contribution in [2.24, 2.45) is 0 Å². The summed E-state index contributed by atoms with van der Waals surface area (Å²) in [6, 6.07) is 0.293. The molecule has 0 aliphatic rings. The Morgan fingerprint density at radius 1 is 1.33 bits per heavy atom. The van der Waals surface area contributed by atoms with E-state index in [0.29, 0.717) is 6.07 Å². The zero-order valence-electron chi connectivity index (χ0n) is 7.02. The Morgan fingerprint density at radius 2 is 1.87 bits per heavy atom. The molecule has 0 unspecified atom stereocenters. The molecular weight excluding hydrogens is 223 g/mol. The minimum absolute atomic E-state index is 0.293. The van der Waals surface area contributed by atoms with Crippen molar-refractivity contribution in [2.45, 2.75) is 12.6 Å². The van der Waals surface area contributed by atoms with E-state index in [1.165, 1.54) is 0 Å². The number of aromatic hydroxyl groups is 1. The number of anilines is 1. The summed E-state index contributed by atoms with van der Waals surface area (Å²) in [5, 5.41) is 8.90. The molecular formula is C7H5F5N2O. The third-order valence-corrected chi connectivity index (χ3v) is 1.55. The lowest BCUT2D eigenvalue weighted by molar-refractivity contribution is -0.139. The lowest BCUT2D eigenvalue weighted by atomic mass is 10.2. The number of rotatable bonds is 1. The molecule has 8 heteroatoms. The minimum Gasteiger partial charge on any atom is -0.505 e. The Bertz CT molecular complexity index is 376. The first-order chi connectivity index (χ1) is 6.73. The molecule has 0 bridgehead atoms. The van der Waals surface area contributed by atoms with E-state index in [-0.39, 0.29) is 0 Å². The second kappa shape index (κ2) is 3.52. The van der Waals surface area contributed by atoms with E-state index in [4.69, 9.17) is 10.8 Å². The van der Waals surface area contributed by atoms with E-state index in [1.54, 1.807) is 0 Å². The van der Waals surface area contributed by atoms with Gasteiger partial charge in [-0.2, -0.15) is 13.2 Å². The second-order valence-electron chi connectivity index (χ2n) is 2.63. The Balaban J connectivity index is 3.42. The molecule has 0 radical (unpaired) electrons.